The lowest BCUT2D eigenvalue weighted by molar-refractivity contribution is -0.138. The van der Waals surface area contributed by atoms with Gasteiger partial charge in [0.1, 0.15) is 0 Å². The standard InChI is InChI=1S/C11H18N2O3/c1-5-8(6-2)12-10(16)13-11(3,4)7-9(14)15/h1,8H,6-7H2,2-4H3,(H,14,15)(H2,12,13,16). The molecular weight excluding hydrogens is 208 g/mol. The Labute approximate surface area is 95.6 Å². The zero-order valence-electron chi connectivity index (χ0n) is 9.83. The molecule has 0 aliphatic rings. The van der Waals surface area contributed by atoms with Gasteiger partial charge in [-0.05, 0) is 20.3 Å². The molecule has 2 amide bonds. The second-order valence-corrected chi connectivity index (χ2v) is 4.18. The molecule has 0 radical (unpaired) electrons. The maximum atomic E-state index is 11.5. The first-order chi connectivity index (χ1) is 7.30. The van der Waals surface area contributed by atoms with Gasteiger partial charge in [0.15, 0.2) is 0 Å². The van der Waals surface area contributed by atoms with E-state index >= 15 is 0 Å². The summed E-state index contributed by atoms with van der Waals surface area (Å²) >= 11 is 0. The second-order valence-electron chi connectivity index (χ2n) is 4.18. The molecule has 0 aromatic heterocycles. The number of hydrogen-bond acceptors (Lipinski definition) is 2. The van der Waals surface area contributed by atoms with Crippen molar-refractivity contribution in [3.63, 3.8) is 0 Å². The number of carbonyl (C=O) groups is 2. The van der Waals surface area contributed by atoms with E-state index in [0.29, 0.717) is 6.42 Å². The van der Waals surface area contributed by atoms with E-state index < -0.39 is 17.5 Å². The summed E-state index contributed by atoms with van der Waals surface area (Å²) in [5, 5.41) is 13.8. The highest BCUT2D eigenvalue weighted by Crippen LogP contribution is 2.07. The third-order valence-corrected chi connectivity index (χ3v) is 1.96. The smallest absolute Gasteiger partial charge is 0.316 e. The van der Waals surface area contributed by atoms with Gasteiger partial charge in [-0.3, -0.25) is 4.79 Å². The predicted molar refractivity (Wildman–Crippen MR) is 60.9 cm³/mol. The van der Waals surface area contributed by atoms with Crippen molar-refractivity contribution < 1.29 is 14.7 Å². The molecule has 0 spiro atoms. The fourth-order valence-corrected chi connectivity index (χ4v) is 1.19. The molecule has 0 aromatic carbocycles. The maximum absolute atomic E-state index is 11.5. The molecule has 0 saturated heterocycles. The SMILES string of the molecule is C#CC(CC)NC(=O)NC(C)(C)CC(=O)O. The Balaban J connectivity index is 4.24. The van der Waals surface area contributed by atoms with Gasteiger partial charge in [0.2, 0.25) is 0 Å². The van der Waals surface area contributed by atoms with Gasteiger partial charge >= 0.3 is 12.0 Å². The van der Waals surface area contributed by atoms with E-state index in [0.717, 1.165) is 0 Å². The van der Waals surface area contributed by atoms with Crippen molar-refractivity contribution in [2.24, 2.45) is 0 Å². The molecule has 0 fully saturated rings. The van der Waals surface area contributed by atoms with Crippen molar-refractivity contribution in [3.8, 4) is 12.3 Å². The molecule has 3 N–H and O–H groups in total. The molecule has 5 heteroatoms. The second kappa shape index (κ2) is 6.01. The van der Waals surface area contributed by atoms with E-state index in [1.165, 1.54) is 0 Å². The van der Waals surface area contributed by atoms with Crippen LogP contribution in [0.25, 0.3) is 0 Å². The number of carboxylic acids is 1. The number of carbonyl (C=O) groups excluding carboxylic acids is 1. The molecule has 0 rings (SSSR count). The molecule has 0 bridgehead atoms. The Morgan fingerprint density at radius 1 is 1.50 bits per heavy atom. The van der Waals surface area contributed by atoms with Crippen LogP contribution >= 0.6 is 0 Å². The molecule has 1 atom stereocenters. The van der Waals surface area contributed by atoms with Crippen LogP contribution in [0.3, 0.4) is 0 Å². The lowest BCUT2D eigenvalue weighted by Crippen LogP contribution is -2.51. The van der Waals surface area contributed by atoms with Crippen molar-refractivity contribution >= 4 is 12.0 Å². The molecule has 1 unspecified atom stereocenters. The van der Waals surface area contributed by atoms with Gasteiger partial charge in [-0.1, -0.05) is 12.8 Å². The zero-order valence-corrected chi connectivity index (χ0v) is 9.83. The Morgan fingerprint density at radius 3 is 2.44 bits per heavy atom. The maximum Gasteiger partial charge on any atom is 0.316 e. The fraction of sp³-hybridized carbons (Fsp3) is 0.636. The summed E-state index contributed by atoms with van der Waals surface area (Å²) in [6.45, 7) is 5.13. The van der Waals surface area contributed by atoms with Crippen molar-refractivity contribution in [2.75, 3.05) is 0 Å². The summed E-state index contributed by atoms with van der Waals surface area (Å²) in [6, 6.07) is -0.781. The molecule has 0 heterocycles. The zero-order chi connectivity index (χ0) is 12.8. The van der Waals surface area contributed by atoms with Crippen molar-refractivity contribution in [1.29, 1.82) is 0 Å². The summed E-state index contributed by atoms with van der Waals surface area (Å²) < 4.78 is 0. The lowest BCUT2D eigenvalue weighted by atomic mass is 10.0. The van der Waals surface area contributed by atoms with E-state index in [9.17, 15) is 9.59 Å². The minimum absolute atomic E-state index is 0.146. The Bertz CT molecular complexity index is 305. The van der Waals surface area contributed by atoms with E-state index in [1.807, 2.05) is 6.92 Å². The Hall–Kier alpha value is -1.70. The van der Waals surface area contributed by atoms with Crippen LogP contribution in [0.4, 0.5) is 4.79 Å². The molecule has 0 aliphatic heterocycles. The van der Waals surface area contributed by atoms with E-state index in [-0.39, 0.29) is 12.5 Å². The monoisotopic (exact) mass is 226 g/mol. The van der Waals surface area contributed by atoms with Crippen molar-refractivity contribution in [1.82, 2.24) is 10.6 Å². The minimum atomic E-state index is -0.964. The van der Waals surface area contributed by atoms with Crippen LogP contribution < -0.4 is 10.6 Å². The molecule has 90 valence electrons. The van der Waals surface area contributed by atoms with Crippen molar-refractivity contribution in [3.05, 3.63) is 0 Å². The van der Waals surface area contributed by atoms with Crippen LogP contribution in [0.5, 0.6) is 0 Å². The number of aliphatic carboxylic acids is 1. The van der Waals surface area contributed by atoms with Crippen LogP contribution in [0.15, 0.2) is 0 Å². The number of terminal acetylenes is 1. The first-order valence-corrected chi connectivity index (χ1v) is 5.07. The Morgan fingerprint density at radius 2 is 2.06 bits per heavy atom. The van der Waals surface area contributed by atoms with Gasteiger partial charge < -0.3 is 15.7 Å². The predicted octanol–water partition coefficient (Wildman–Crippen LogP) is 0.951. The van der Waals surface area contributed by atoms with Gasteiger partial charge in [0.25, 0.3) is 0 Å². The highest BCUT2D eigenvalue weighted by atomic mass is 16.4. The van der Waals surface area contributed by atoms with E-state index in [1.54, 1.807) is 13.8 Å². The molecule has 16 heavy (non-hydrogen) atoms. The summed E-state index contributed by atoms with van der Waals surface area (Å²) in [7, 11) is 0. The molecule has 0 aliphatic carbocycles. The summed E-state index contributed by atoms with van der Waals surface area (Å²) in [5.41, 5.74) is -0.803. The van der Waals surface area contributed by atoms with Gasteiger partial charge in [0.05, 0.1) is 12.5 Å². The average molecular weight is 226 g/mol. The largest absolute Gasteiger partial charge is 0.481 e. The molecular formula is C11H18N2O3. The van der Waals surface area contributed by atoms with E-state index in [2.05, 4.69) is 16.6 Å². The highest BCUT2D eigenvalue weighted by Gasteiger charge is 2.24. The summed E-state index contributed by atoms with van der Waals surface area (Å²) in [4.78, 5) is 22.0. The normalized spacial score (nSPS) is 12.4. The average Bonchev–Trinajstić information content (AvgIpc) is 2.10. The van der Waals surface area contributed by atoms with Gasteiger partial charge in [-0.25, -0.2) is 4.79 Å². The van der Waals surface area contributed by atoms with E-state index in [4.69, 9.17) is 11.5 Å². The number of carboxylic acid groups (broad SMARTS) is 1. The third-order valence-electron chi connectivity index (χ3n) is 1.96. The Kier molecular flexibility index (Phi) is 5.37. The number of rotatable bonds is 5. The number of hydrogen-bond donors (Lipinski definition) is 3. The fourth-order valence-electron chi connectivity index (χ4n) is 1.19. The molecule has 0 saturated carbocycles. The van der Waals surface area contributed by atoms with Crippen LogP contribution in [0.2, 0.25) is 0 Å². The van der Waals surface area contributed by atoms with Gasteiger partial charge in [-0.15, -0.1) is 6.42 Å². The lowest BCUT2D eigenvalue weighted by Gasteiger charge is -2.25. The van der Waals surface area contributed by atoms with Gasteiger partial charge in [0, 0.05) is 5.54 Å². The molecule has 5 nitrogen and oxygen atoms in total. The number of nitrogens with one attached hydrogen (secondary N) is 2. The quantitative estimate of drug-likeness (QED) is 0.611. The van der Waals surface area contributed by atoms with Gasteiger partial charge in [-0.2, -0.15) is 0 Å². The molecule has 0 aromatic rings. The first-order valence-electron chi connectivity index (χ1n) is 5.07. The van der Waals surface area contributed by atoms with Crippen molar-refractivity contribution in [2.45, 2.75) is 45.2 Å². The van der Waals surface area contributed by atoms with Crippen LogP contribution in [-0.4, -0.2) is 28.7 Å². The van der Waals surface area contributed by atoms with Crippen LogP contribution in [0.1, 0.15) is 33.6 Å². The third kappa shape index (κ3) is 5.91. The minimum Gasteiger partial charge on any atom is -0.481 e. The van der Waals surface area contributed by atoms with Crippen LogP contribution in [0, 0.1) is 12.3 Å². The topological polar surface area (TPSA) is 78.4 Å². The number of urea groups is 1. The highest BCUT2D eigenvalue weighted by molar-refractivity contribution is 5.77. The van der Waals surface area contributed by atoms with Crippen LogP contribution in [-0.2, 0) is 4.79 Å². The summed E-state index contributed by atoms with van der Waals surface area (Å²) in [6.07, 6.45) is 5.67. The first kappa shape index (κ1) is 14.3. The summed E-state index contributed by atoms with van der Waals surface area (Å²) in [5.74, 6) is 1.46. The number of amides is 2.